The van der Waals surface area contributed by atoms with Crippen LogP contribution < -0.4 is 0 Å². The van der Waals surface area contributed by atoms with Crippen LogP contribution in [0.5, 0.6) is 0 Å². The lowest BCUT2D eigenvalue weighted by atomic mass is 10.2. The Morgan fingerprint density at radius 1 is 1.20 bits per heavy atom. The van der Waals surface area contributed by atoms with Crippen LogP contribution in [0.2, 0.25) is 0 Å². The highest BCUT2D eigenvalue weighted by molar-refractivity contribution is 8.00. The maximum absolute atomic E-state index is 8.89. The summed E-state index contributed by atoms with van der Waals surface area (Å²) in [6.45, 7) is 0.101. The number of thioether (sulfide) groups is 1. The van der Waals surface area contributed by atoms with Gasteiger partial charge in [0.25, 0.3) is 0 Å². The highest BCUT2D eigenvalue weighted by Gasteiger charge is 1.99. The van der Waals surface area contributed by atoms with Crippen molar-refractivity contribution in [2.75, 3.05) is 0 Å². The molecular weight excluding hydrogens is 228 g/mol. The van der Waals surface area contributed by atoms with E-state index < -0.39 is 0 Å². The number of aromatic nitrogens is 2. The van der Waals surface area contributed by atoms with Crippen LogP contribution in [0, 0.1) is 0 Å². The lowest BCUT2D eigenvalue weighted by molar-refractivity contribution is 0.282. The van der Waals surface area contributed by atoms with Gasteiger partial charge in [-0.25, -0.2) is 4.98 Å². The van der Waals surface area contributed by atoms with Gasteiger partial charge in [-0.2, -0.15) is 4.37 Å². The van der Waals surface area contributed by atoms with E-state index in [9.17, 15) is 0 Å². The first-order valence-corrected chi connectivity index (χ1v) is 6.22. The number of aliphatic hydroxyl groups is 1. The van der Waals surface area contributed by atoms with Gasteiger partial charge in [-0.1, -0.05) is 36.0 Å². The smallest absolute Gasteiger partial charge is 0.170 e. The van der Waals surface area contributed by atoms with E-state index in [1.54, 1.807) is 18.1 Å². The molecular formula is C10H10N2OS2. The van der Waals surface area contributed by atoms with Crippen LogP contribution in [0.3, 0.4) is 0 Å². The third kappa shape index (κ3) is 3.02. The van der Waals surface area contributed by atoms with Gasteiger partial charge in [-0.3, -0.25) is 0 Å². The highest BCUT2D eigenvalue weighted by Crippen LogP contribution is 2.23. The number of hydrogen-bond acceptors (Lipinski definition) is 5. The Kier molecular flexibility index (Phi) is 3.71. The Bertz CT molecular complexity index is 400. The highest BCUT2D eigenvalue weighted by atomic mass is 32.2. The lowest BCUT2D eigenvalue weighted by Crippen LogP contribution is -1.84. The monoisotopic (exact) mass is 238 g/mol. The molecule has 1 aromatic heterocycles. The molecule has 0 saturated heterocycles. The molecule has 5 heteroatoms. The average Bonchev–Trinajstić information content (AvgIpc) is 2.80. The van der Waals surface area contributed by atoms with Gasteiger partial charge in [0.2, 0.25) is 0 Å². The van der Waals surface area contributed by atoms with Gasteiger partial charge in [0.15, 0.2) is 4.34 Å². The number of benzene rings is 1. The number of aliphatic hydroxyl groups excluding tert-OH is 1. The Morgan fingerprint density at radius 2 is 1.93 bits per heavy atom. The third-order valence-electron chi connectivity index (χ3n) is 1.91. The van der Waals surface area contributed by atoms with Crippen molar-refractivity contribution in [3.8, 4) is 0 Å². The minimum absolute atomic E-state index is 0.101. The van der Waals surface area contributed by atoms with Gasteiger partial charge < -0.3 is 5.11 Å². The van der Waals surface area contributed by atoms with Crippen molar-refractivity contribution in [3.63, 3.8) is 0 Å². The quantitative estimate of drug-likeness (QED) is 0.830. The molecule has 1 heterocycles. The standard InChI is InChI=1S/C10H10N2OS2/c13-5-8-1-3-9(4-2-8)6-14-10-11-7-12-15-10/h1-4,7,13H,5-6H2. The normalized spacial score (nSPS) is 10.5. The Morgan fingerprint density at radius 3 is 2.53 bits per heavy atom. The molecule has 2 aromatic rings. The molecule has 78 valence electrons. The molecule has 0 unspecified atom stereocenters. The van der Waals surface area contributed by atoms with E-state index in [2.05, 4.69) is 9.36 Å². The molecule has 2 rings (SSSR count). The zero-order chi connectivity index (χ0) is 10.5. The summed E-state index contributed by atoms with van der Waals surface area (Å²) in [6, 6.07) is 7.94. The second-order valence-electron chi connectivity index (χ2n) is 2.97. The van der Waals surface area contributed by atoms with Crippen LogP contribution in [-0.2, 0) is 12.4 Å². The Labute approximate surface area is 96.4 Å². The summed E-state index contributed by atoms with van der Waals surface area (Å²) in [5.41, 5.74) is 2.17. The van der Waals surface area contributed by atoms with E-state index >= 15 is 0 Å². The maximum atomic E-state index is 8.89. The van der Waals surface area contributed by atoms with Crippen molar-refractivity contribution in [3.05, 3.63) is 41.7 Å². The molecule has 0 aliphatic rings. The molecule has 1 aromatic carbocycles. The first-order valence-electron chi connectivity index (χ1n) is 4.46. The van der Waals surface area contributed by atoms with E-state index in [0.717, 1.165) is 15.7 Å². The summed E-state index contributed by atoms with van der Waals surface area (Å²) in [5, 5.41) is 8.89. The van der Waals surface area contributed by atoms with Crippen molar-refractivity contribution < 1.29 is 5.11 Å². The Balaban J connectivity index is 1.93. The van der Waals surface area contributed by atoms with Crippen LogP contribution in [-0.4, -0.2) is 14.5 Å². The molecule has 0 bridgehead atoms. The molecule has 15 heavy (non-hydrogen) atoms. The van der Waals surface area contributed by atoms with Crippen molar-refractivity contribution in [1.82, 2.24) is 9.36 Å². The first-order chi connectivity index (χ1) is 7.38. The lowest BCUT2D eigenvalue weighted by Gasteiger charge is -2.00. The van der Waals surface area contributed by atoms with Gasteiger partial charge in [0.05, 0.1) is 6.61 Å². The summed E-state index contributed by atoms with van der Waals surface area (Å²) in [6.07, 6.45) is 1.57. The van der Waals surface area contributed by atoms with E-state index in [0.29, 0.717) is 0 Å². The van der Waals surface area contributed by atoms with Crippen LogP contribution in [0.4, 0.5) is 0 Å². The number of nitrogens with zero attached hydrogens (tertiary/aromatic N) is 2. The van der Waals surface area contributed by atoms with Crippen LogP contribution in [0.25, 0.3) is 0 Å². The predicted octanol–water partition coefficient (Wildman–Crippen LogP) is 2.32. The largest absolute Gasteiger partial charge is 0.392 e. The summed E-state index contributed by atoms with van der Waals surface area (Å²) in [5.74, 6) is 0.890. The topological polar surface area (TPSA) is 46.0 Å². The van der Waals surface area contributed by atoms with Gasteiger partial charge >= 0.3 is 0 Å². The van der Waals surface area contributed by atoms with Crippen molar-refractivity contribution in [2.45, 2.75) is 16.7 Å². The van der Waals surface area contributed by atoms with E-state index in [-0.39, 0.29) is 6.61 Å². The summed E-state index contributed by atoms with van der Waals surface area (Å²) < 4.78 is 4.93. The molecule has 0 atom stereocenters. The molecule has 0 aliphatic carbocycles. The van der Waals surface area contributed by atoms with Gasteiger partial charge in [-0.15, -0.1) is 0 Å². The van der Waals surface area contributed by atoms with Crippen LogP contribution >= 0.6 is 23.3 Å². The van der Waals surface area contributed by atoms with E-state index in [1.807, 2.05) is 24.3 Å². The second-order valence-corrected chi connectivity index (χ2v) is 4.97. The minimum atomic E-state index is 0.101. The molecule has 0 saturated carbocycles. The van der Waals surface area contributed by atoms with Crippen LogP contribution in [0.1, 0.15) is 11.1 Å². The molecule has 0 amide bonds. The second kappa shape index (κ2) is 5.25. The predicted molar refractivity (Wildman–Crippen MR) is 61.8 cm³/mol. The molecule has 3 nitrogen and oxygen atoms in total. The van der Waals surface area contributed by atoms with Gasteiger partial charge in [-0.05, 0) is 22.7 Å². The van der Waals surface area contributed by atoms with E-state index in [1.165, 1.54) is 17.1 Å². The number of rotatable bonds is 4. The fraction of sp³-hybridized carbons (Fsp3) is 0.200. The molecule has 0 fully saturated rings. The number of hydrogen-bond donors (Lipinski definition) is 1. The molecule has 1 N–H and O–H groups in total. The van der Waals surface area contributed by atoms with Gasteiger partial charge in [0.1, 0.15) is 6.33 Å². The first kappa shape index (κ1) is 10.6. The molecule has 0 aliphatic heterocycles. The fourth-order valence-electron chi connectivity index (χ4n) is 1.11. The zero-order valence-corrected chi connectivity index (χ0v) is 9.59. The summed E-state index contributed by atoms with van der Waals surface area (Å²) >= 11 is 3.09. The Hall–Kier alpha value is -0.910. The molecule has 0 spiro atoms. The average molecular weight is 238 g/mol. The van der Waals surface area contributed by atoms with Crippen molar-refractivity contribution in [1.29, 1.82) is 0 Å². The van der Waals surface area contributed by atoms with Crippen molar-refractivity contribution in [2.24, 2.45) is 0 Å². The third-order valence-corrected chi connectivity index (χ3v) is 3.78. The summed E-state index contributed by atoms with van der Waals surface area (Å²) in [7, 11) is 0. The summed E-state index contributed by atoms with van der Waals surface area (Å²) in [4.78, 5) is 4.10. The fourth-order valence-corrected chi connectivity index (χ4v) is 2.51. The molecule has 0 radical (unpaired) electrons. The zero-order valence-electron chi connectivity index (χ0n) is 7.96. The minimum Gasteiger partial charge on any atom is -0.392 e. The maximum Gasteiger partial charge on any atom is 0.170 e. The van der Waals surface area contributed by atoms with Crippen molar-refractivity contribution >= 4 is 23.3 Å². The van der Waals surface area contributed by atoms with Gasteiger partial charge in [0, 0.05) is 5.75 Å². The van der Waals surface area contributed by atoms with E-state index in [4.69, 9.17) is 5.11 Å². The SMILES string of the molecule is OCc1ccc(CSc2ncns2)cc1. The van der Waals surface area contributed by atoms with Crippen LogP contribution in [0.15, 0.2) is 34.9 Å².